The molecule has 0 unspecified atom stereocenters. The highest BCUT2D eigenvalue weighted by molar-refractivity contribution is 7.71. The maximum Gasteiger partial charge on any atom is 0.225 e. The summed E-state index contributed by atoms with van der Waals surface area (Å²) in [7, 11) is 0. The van der Waals surface area contributed by atoms with Gasteiger partial charge in [-0.2, -0.15) is 4.98 Å². The average molecular weight is 246 g/mol. The van der Waals surface area contributed by atoms with Gasteiger partial charge in [-0.1, -0.05) is 30.3 Å². The van der Waals surface area contributed by atoms with E-state index in [1.807, 2.05) is 44.2 Å². The molecule has 88 valence electrons. The van der Waals surface area contributed by atoms with E-state index < -0.39 is 0 Å². The molecule has 4 heteroatoms. The first-order valence-electron chi connectivity index (χ1n) is 5.51. The average Bonchev–Trinajstić information content (AvgIpc) is 2.30. The Morgan fingerprint density at radius 1 is 1.29 bits per heavy atom. The maximum absolute atomic E-state index is 5.56. The van der Waals surface area contributed by atoms with E-state index in [0.29, 0.717) is 17.3 Å². The summed E-state index contributed by atoms with van der Waals surface area (Å²) in [5, 5.41) is 0. The molecule has 0 aliphatic rings. The van der Waals surface area contributed by atoms with Gasteiger partial charge >= 0.3 is 0 Å². The zero-order valence-electron chi connectivity index (χ0n) is 9.86. The van der Waals surface area contributed by atoms with E-state index in [-0.39, 0.29) is 0 Å². The molecule has 1 N–H and O–H groups in total. The van der Waals surface area contributed by atoms with E-state index in [4.69, 9.17) is 17.0 Å². The van der Waals surface area contributed by atoms with Gasteiger partial charge in [-0.25, -0.2) is 0 Å². The summed E-state index contributed by atoms with van der Waals surface area (Å²) in [4.78, 5) is 7.30. The highest BCUT2D eigenvalue weighted by Crippen LogP contribution is 2.30. The molecule has 0 bridgehead atoms. The first-order chi connectivity index (χ1) is 8.22. The number of benzene rings is 1. The van der Waals surface area contributed by atoms with Gasteiger partial charge in [0.05, 0.1) is 12.2 Å². The maximum atomic E-state index is 5.56. The van der Waals surface area contributed by atoms with Crippen LogP contribution >= 0.6 is 12.2 Å². The van der Waals surface area contributed by atoms with Gasteiger partial charge in [0.2, 0.25) is 5.88 Å². The molecule has 1 aromatic heterocycles. The lowest BCUT2D eigenvalue weighted by Gasteiger charge is -2.11. The second-order valence-electron chi connectivity index (χ2n) is 3.65. The van der Waals surface area contributed by atoms with E-state index in [1.165, 1.54) is 0 Å². The van der Waals surface area contributed by atoms with Crippen LogP contribution in [0.25, 0.3) is 11.1 Å². The molecule has 2 aromatic rings. The summed E-state index contributed by atoms with van der Waals surface area (Å²) in [6, 6.07) is 10.0. The van der Waals surface area contributed by atoms with Gasteiger partial charge in [-0.05, 0) is 31.6 Å². The zero-order valence-corrected chi connectivity index (χ0v) is 10.7. The summed E-state index contributed by atoms with van der Waals surface area (Å²) >= 11 is 5.06. The Balaban J connectivity index is 2.63. The highest BCUT2D eigenvalue weighted by Gasteiger charge is 2.11. The third-order valence-electron chi connectivity index (χ3n) is 2.43. The second kappa shape index (κ2) is 5.10. The van der Waals surface area contributed by atoms with Crippen molar-refractivity contribution in [3.8, 4) is 17.0 Å². The molecule has 0 radical (unpaired) electrons. The van der Waals surface area contributed by atoms with Crippen LogP contribution in [0.4, 0.5) is 0 Å². The summed E-state index contributed by atoms with van der Waals surface area (Å²) < 4.78 is 6.00. The number of H-pyrrole nitrogens is 1. The van der Waals surface area contributed by atoms with Crippen molar-refractivity contribution in [1.29, 1.82) is 0 Å². The predicted molar refractivity (Wildman–Crippen MR) is 70.8 cm³/mol. The minimum Gasteiger partial charge on any atom is -0.477 e. The standard InChI is InChI=1S/C13H14N2OS/c1-3-16-12-11(9(2)14-13(17)15-12)10-7-5-4-6-8-10/h4-8H,3H2,1-2H3,(H,14,15,17). The summed E-state index contributed by atoms with van der Waals surface area (Å²) in [6.07, 6.45) is 0. The topological polar surface area (TPSA) is 37.9 Å². The number of nitrogens with one attached hydrogen (secondary N) is 1. The largest absolute Gasteiger partial charge is 0.477 e. The third-order valence-corrected chi connectivity index (χ3v) is 2.62. The van der Waals surface area contributed by atoms with Gasteiger partial charge in [0.15, 0.2) is 4.77 Å². The Hall–Kier alpha value is -1.68. The van der Waals surface area contributed by atoms with Crippen molar-refractivity contribution in [1.82, 2.24) is 9.97 Å². The zero-order chi connectivity index (χ0) is 12.3. The predicted octanol–water partition coefficient (Wildman–Crippen LogP) is 3.51. The smallest absolute Gasteiger partial charge is 0.225 e. The minimum atomic E-state index is 0.450. The number of nitrogens with zero attached hydrogens (tertiary/aromatic N) is 1. The number of rotatable bonds is 3. The molecular weight excluding hydrogens is 232 g/mol. The van der Waals surface area contributed by atoms with Gasteiger partial charge in [-0.3, -0.25) is 0 Å². The van der Waals surface area contributed by atoms with Crippen LogP contribution in [0.1, 0.15) is 12.6 Å². The van der Waals surface area contributed by atoms with Crippen molar-refractivity contribution in [3.05, 3.63) is 40.8 Å². The summed E-state index contributed by atoms with van der Waals surface area (Å²) in [5.74, 6) is 0.597. The van der Waals surface area contributed by atoms with Crippen molar-refractivity contribution >= 4 is 12.2 Å². The van der Waals surface area contributed by atoms with E-state index in [0.717, 1.165) is 16.8 Å². The first kappa shape index (κ1) is 11.8. The fourth-order valence-electron chi connectivity index (χ4n) is 1.75. The van der Waals surface area contributed by atoms with Crippen LogP contribution in [-0.2, 0) is 0 Å². The molecule has 0 aliphatic heterocycles. The van der Waals surface area contributed by atoms with E-state index in [2.05, 4.69) is 9.97 Å². The van der Waals surface area contributed by atoms with Crippen molar-refractivity contribution in [2.45, 2.75) is 13.8 Å². The van der Waals surface area contributed by atoms with Crippen LogP contribution in [-0.4, -0.2) is 16.6 Å². The van der Waals surface area contributed by atoms with Gasteiger partial charge < -0.3 is 9.72 Å². The van der Waals surface area contributed by atoms with Gasteiger partial charge in [-0.15, -0.1) is 0 Å². The number of ether oxygens (including phenoxy) is 1. The SMILES string of the molecule is CCOc1nc(=S)[nH]c(C)c1-c1ccccc1. The van der Waals surface area contributed by atoms with Gasteiger partial charge in [0.25, 0.3) is 0 Å². The quantitative estimate of drug-likeness (QED) is 0.842. The molecule has 0 fully saturated rings. The lowest BCUT2D eigenvalue weighted by molar-refractivity contribution is 0.327. The molecule has 0 aliphatic carbocycles. The molecular formula is C13H14N2OS. The molecule has 0 atom stereocenters. The normalized spacial score (nSPS) is 10.2. The molecule has 2 rings (SSSR count). The minimum absolute atomic E-state index is 0.450. The fourth-order valence-corrected chi connectivity index (χ4v) is 1.98. The second-order valence-corrected chi connectivity index (χ2v) is 4.03. The van der Waals surface area contributed by atoms with Crippen LogP contribution in [0, 0.1) is 11.7 Å². The number of aromatic amines is 1. The van der Waals surface area contributed by atoms with Crippen molar-refractivity contribution in [2.24, 2.45) is 0 Å². The van der Waals surface area contributed by atoms with Crippen LogP contribution in [0.15, 0.2) is 30.3 Å². The molecule has 3 nitrogen and oxygen atoms in total. The van der Waals surface area contributed by atoms with E-state index >= 15 is 0 Å². The van der Waals surface area contributed by atoms with Crippen LogP contribution < -0.4 is 4.74 Å². The molecule has 1 aromatic carbocycles. The Kier molecular flexibility index (Phi) is 3.54. The van der Waals surface area contributed by atoms with Gasteiger partial charge in [0, 0.05) is 5.69 Å². The Morgan fingerprint density at radius 2 is 2.00 bits per heavy atom. The summed E-state index contributed by atoms with van der Waals surface area (Å²) in [5.41, 5.74) is 3.02. The van der Waals surface area contributed by atoms with E-state index in [1.54, 1.807) is 0 Å². The Bertz CT molecular complexity index is 563. The number of aryl methyl sites for hydroxylation is 1. The summed E-state index contributed by atoms with van der Waals surface area (Å²) in [6.45, 7) is 4.49. The van der Waals surface area contributed by atoms with Gasteiger partial charge in [0.1, 0.15) is 0 Å². The molecule has 1 heterocycles. The first-order valence-corrected chi connectivity index (χ1v) is 5.92. The molecule has 17 heavy (non-hydrogen) atoms. The lowest BCUT2D eigenvalue weighted by atomic mass is 10.1. The number of aromatic nitrogens is 2. The molecule has 0 saturated carbocycles. The number of hydrogen-bond acceptors (Lipinski definition) is 3. The van der Waals surface area contributed by atoms with Crippen molar-refractivity contribution in [2.75, 3.05) is 6.61 Å². The molecule has 0 saturated heterocycles. The van der Waals surface area contributed by atoms with Crippen LogP contribution in [0.5, 0.6) is 5.88 Å². The fraction of sp³-hybridized carbons (Fsp3) is 0.231. The van der Waals surface area contributed by atoms with E-state index in [9.17, 15) is 0 Å². The Labute approximate surface area is 105 Å². The lowest BCUT2D eigenvalue weighted by Crippen LogP contribution is -2.01. The van der Waals surface area contributed by atoms with Crippen LogP contribution in [0.3, 0.4) is 0 Å². The molecule has 0 amide bonds. The van der Waals surface area contributed by atoms with Crippen molar-refractivity contribution < 1.29 is 4.74 Å². The van der Waals surface area contributed by atoms with Crippen molar-refractivity contribution in [3.63, 3.8) is 0 Å². The third kappa shape index (κ3) is 2.53. The Morgan fingerprint density at radius 3 is 2.65 bits per heavy atom. The number of hydrogen-bond donors (Lipinski definition) is 1. The molecule has 0 spiro atoms. The monoisotopic (exact) mass is 246 g/mol. The highest BCUT2D eigenvalue weighted by atomic mass is 32.1. The van der Waals surface area contributed by atoms with Crippen LogP contribution in [0.2, 0.25) is 0 Å².